The van der Waals surface area contributed by atoms with Crippen molar-refractivity contribution in [2.24, 2.45) is 0 Å². The minimum Gasteiger partial charge on any atom is -0.338 e. The van der Waals surface area contributed by atoms with Gasteiger partial charge < -0.3 is 10.6 Å². The average Bonchev–Trinajstić information content (AvgIpc) is 3.10. The molecule has 1 aromatic carbocycles. The van der Waals surface area contributed by atoms with Crippen molar-refractivity contribution >= 4 is 11.7 Å². The van der Waals surface area contributed by atoms with Crippen molar-refractivity contribution in [2.45, 2.75) is 38.1 Å². The van der Waals surface area contributed by atoms with Crippen molar-refractivity contribution in [3.63, 3.8) is 0 Å². The van der Waals surface area contributed by atoms with Crippen LogP contribution >= 0.6 is 0 Å². The van der Waals surface area contributed by atoms with Crippen LogP contribution in [0.5, 0.6) is 0 Å². The molecular weight excluding hydrogens is 326 g/mol. The van der Waals surface area contributed by atoms with Crippen LogP contribution in [0.25, 0.3) is 5.65 Å². The van der Waals surface area contributed by atoms with Crippen LogP contribution in [-0.2, 0) is 6.42 Å². The molecule has 3 aromatic rings. The van der Waals surface area contributed by atoms with E-state index in [4.69, 9.17) is 0 Å². The highest BCUT2D eigenvalue weighted by atomic mass is 16.2. The van der Waals surface area contributed by atoms with Crippen molar-refractivity contribution < 1.29 is 4.79 Å². The van der Waals surface area contributed by atoms with Crippen LogP contribution in [0.2, 0.25) is 0 Å². The van der Waals surface area contributed by atoms with Gasteiger partial charge in [0, 0.05) is 18.7 Å². The van der Waals surface area contributed by atoms with E-state index in [1.165, 1.54) is 17.5 Å². The highest BCUT2D eigenvalue weighted by molar-refractivity contribution is 5.74. The Labute approximate surface area is 152 Å². The number of aromatic nitrogens is 3. The van der Waals surface area contributed by atoms with Crippen LogP contribution in [0, 0.1) is 0 Å². The van der Waals surface area contributed by atoms with Crippen molar-refractivity contribution in [3.05, 3.63) is 65.6 Å². The fraction of sp³-hybridized carbons (Fsp3) is 0.350. The second kappa shape index (κ2) is 7.15. The Kier molecular flexibility index (Phi) is 4.56. The van der Waals surface area contributed by atoms with Crippen LogP contribution in [0.1, 0.15) is 48.7 Å². The van der Waals surface area contributed by atoms with Gasteiger partial charge in [-0.2, -0.15) is 0 Å². The Morgan fingerprint density at radius 1 is 1.23 bits per heavy atom. The fourth-order valence-corrected chi connectivity index (χ4v) is 3.75. The minimum absolute atomic E-state index is 0.173. The molecule has 4 rings (SSSR count). The number of pyridine rings is 1. The summed E-state index contributed by atoms with van der Waals surface area (Å²) in [5.74, 6) is 1.11. The Balaban J connectivity index is 1.37. The monoisotopic (exact) mass is 349 g/mol. The summed E-state index contributed by atoms with van der Waals surface area (Å²) in [5.41, 5.74) is 3.56. The number of rotatable bonds is 4. The summed E-state index contributed by atoms with van der Waals surface area (Å²) in [6.45, 7) is 2.56. The van der Waals surface area contributed by atoms with Gasteiger partial charge in [-0.1, -0.05) is 30.3 Å². The summed E-state index contributed by atoms with van der Waals surface area (Å²) >= 11 is 0. The van der Waals surface area contributed by atoms with E-state index in [1.807, 2.05) is 35.7 Å². The van der Waals surface area contributed by atoms with Crippen molar-refractivity contribution in [1.82, 2.24) is 25.2 Å². The van der Waals surface area contributed by atoms with E-state index in [9.17, 15) is 4.79 Å². The highest BCUT2D eigenvalue weighted by Gasteiger charge is 2.21. The first-order chi connectivity index (χ1) is 12.7. The van der Waals surface area contributed by atoms with Crippen LogP contribution in [0.15, 0.2) is 48.7 Å². The number of nitrogens with one attached hydrogen (secondary N) is 2. The number of fused-ring (bicyclic) bond motifs is 2. The molecule has 26 heavy (non-hydrogen) atoms. The lowest BCUT2D eigenvalue weighted by atomic mass is 9.83. The first-order valence-electron chi connectivity index (χ1n) is 9.14. The molecule has 1 aliphatic rings. The first-order valence-corrected chi connectivity index (χ1v) is 9.14. The predicted octanol–water partition coefficient (Wildman–Crippen LogP) is 3.21. The fourth-order valence-electron chi connectivity index (χ4n) is 3.75. The molecule has 6 heteroatoms. The molecule has 2 N–H and O–H groups in total. The van der Waals surface area contributed by atoms with Gasteiger partial charge in [-0.25, -0.2) is 4.79 Å². The molecule has 2 atom stereocenters. The average molecular weight is 349 g/mol. The summed E-state index contributed by atoms with van der Waals surface area (Å²) in [7, 11) is 0. The Hall–Kier alpha value is -2.89. The molecule has 6 nitrogen and oxygen atoms in total. The molecule has 0 saturated heterocycles. The van der Waals surface area contributed by atoms with Crippen molar-refractivity contribution in [2.75, 3.05) is 6.54 Å². The summed E-state index contributed by atoms with van der Waals surface area (Å²) in [4.78, 5) is 12.4. The number of nitrogens with zero attached hydrogens (tertiary/aromatic N) is 3. The minimum atomic E-state index is -0.231. The first kappa shape index (κ1) is 16.6. The van der Waals surface area contributed by atoms with Crippen molar-refractivity contribution in [1.29, 1.82) is 0 Å². The number of aryl methyl sites for hydroxylation is 1. The third-order valence-electron chi connectivity index (χ3n) is 5.08. The quantitative estimate of drug-likeness (QED) is 0.760. The van der Waals surface area contributed by atoms with Gasteiger partial charge >= 0.3 is 6.03 Å². The Bertz CT molecular complexity index is 919. The maximum Gasteiger partial charge on any atom is 0.315 e. The van der Waals surface area contributed by atoms with Gasteiger partial charge in [0.1, 0.15) is 0 Å². The molecular formula is C20H23N5O. The number of carbonyl (C=O) groups is 1. The summed E-state index contributed by atoms with van der Waals surface area (Å²) in [6.07, 6.45) is 5.32. The zero-order valence-corrected chi connectivity index (χ0v) is 14.9. The van der Waals surface area contributed by atoms with Crippen LogP contribution < -0.4 is 10.6 Å². The molecule has 0 spiro atoms. The molecule has 0 radical (unpaired) electrons. The number of benzene rings is 1. The van der Waals surface area contributed by atoms with E-state index in [0.717, 1.165) is 24.3 Å². The molecule has 2 heterocycles. The van der Waals surface area contributed by atoms with E-state index >= 15 is 0 Å². The second-order valence-corrected chi connectivity index (χ2v) is 6.85. The lowest BCUT2D eigenvalue weighted by Gasteiger charge is -2.26. The molecule has 2 unspecified atom stereocenters. The summed E-state index contributed by atoms with van der Waals surface area (Å²) in [5, 5.41) is 14.3. The van der Waals surface area contributed by atoms with Crippen LogP contribution in [0.4, 0.5) is 4.79 Å². The third kappa shape index (κ3) is 3.27. The van der Waals surface area contributed by atoms with E-state index in [-0.39, 0.29) is 12.1 Å². The van der Waals surface area contributed by atoms with Gasteiger partial charge in [0.25, 0.3) is 0 Å². The van der Waals surface area contributed by atoms with E-state index < -0.39 is 0 Å². The standard InChI is InChI=1S/C20H23N5O/c1-14(19-24-23-18-11-4-5-12-25(18)19)22-20(26)21-13-16-9-6-8-15-7-2-3-10-17(15)16/h2-5,7,10-12,14,16H,6,8-9,13H2,1H3,(H2,21,22,26). The SMILES string of the molecule is CC(NC(=O)NCC1CCCc2ccccc21)c1nnc2ccccn12. The molecule has 0 fully saturated rings. The zero-order chi connectivity index (χ0) is 17.9. The predicted molar refractivity (Wildman–Crippen MR) is 100 cm³/mol. The maximum absolute atomic E-state index is 12.4. The third-order valence-corrected chi connectivity index (χ3v) is 5.08. The van der Waals surface area contributed by atoms with Gasteiger partial charge in [-0.3, -0.25) is 4.40 Å². The lowest BCUT2D eigenvalue weighted by Crippen LogP contribution is -2.40. The van der Waals surface area contributed by atoms with Gasteiger partial charge in [0.15, 0.2) is 11.5 Å². The van der Waals surface area contributed by atoms with Gasteiger partial charge in [-0.15, -0.1) is 10.2 Å². The largest absolute Gasteiger partial charge is 0.338 e. The van der Waals surface area contributed by atoms with E-state index in [1.54, 1.807) is 0 Å². The zero-order valence-electron chi connectivity index (χ0n) is 14.9. The molecule has 1 aliphatic carbocycles. The maximum atomic E-state index is 12.4. The van der Waals surface area contributed by atoms with Crippen molar-refractivity contribution in [3.8, 4) is 0 Å². The summed E-state index contributed by atoms with van der Waals surface area (Å²) < 4.78 is 1.89. The number of amides is 2. The van der Waals surface area contributed by atoms with E-state index in [0.29, 0.717) is 12.5 Å². The van der Waals surface area contributed by atoms with E-state index in [2.05, 4.69) is 45.1 Å². The molecule has 2 aromatic heterocycles. The molecule has 0 saturated carbocycles. The number of urea groups is 1. The molecule has 0 aliphatic heterocycles. The molecule has 134 valence electrons. The number of hydrogen-bond acceptors (Lipinski definition) is 3. The number of carbonyl (C=O) groups excluding carboxylic acids is 1. The smallest absolute Gasteiger partial charge is 0.315 e. The Morgan fingerprint density at radius 2 is 2.08 bits per heavy atom. The van der Waals surface area contributed by atoms with Gasteiger partial charge in [0.05, 0.1) is 6.04 Å². The normalized spacial score (nSPS) is 17.5. The topological polar surface area (TPSA) is 71.3 Å². The lowest BCUT2D eigenvalue weighted by molar-refractivity contribution is 0.236. The second-order valence-electron chi connectivity index (χ2n) is 6.85. The van der Waals surface area contributed by atoms with Crippen LogP contribution in [0.3, 0.4) is 0 Å². The van der Waals surface area contributed by atoms with Crippen LogP contribution in [-0.4, -0.2) is 27.2 Å². The highest BCUT2D eigenvalue weighted by Crippen LogP contribution is 2.30. The molecule has 2 amide bonds. The van der Waals surface area contributed by atoms with Gasteiger partial charge in [-0.05, 0) is 49.4 Å². The number of hydrogen-bond donors (Lipinski definition) is 2. The summed E-state index contributed by atoms with van der Waals surface area (Å²) in [6, 6.07) is 13.9. The molecule has 0 bridgehead atoms. The van der Waals surface area contributed by atoms with Gasteiger partial charge in [0.2, 0.25) is 0 Å². The Morgan fingerprint density at radius 3 is 3.00 bits per heavy atom.